The summed E-state index contributed by atoms with van der Waals surface area (Å²) in [4.78, 5) is 16.3. The molecule has 0 aliphatic carbocycles. The molecule has 2 aromatic carbocycles. The molecular weight excluding hydrogens is 295 g/mol. The molecule has 0 aliphatic heterocycles. The first-order valence-corrected chi connectivity index (χ1v) is 7.17. The van der Waals surface area contributed by atoms with Crippen LogP contribution < -0.4 is 5.32 Å². The molecule has 1 heterocycles. The highest BCUT2D eigenvalue weighted by Crippen LogP contribution is 2.24. The van der Waals surface area contributed by atoms with Crippen LogP contribution in [0.4, 0.5) is 4.39 Å². The minimum absolute atomic E-state index is 0.0889. The Morgan fingerprint density at radius 3 is 2.83 bits per heavy atom. The van der Waals surface area contributed by atoms with Gasteiger partial charge in [-0.3, -0.25) is 4.79 Å². The average molecular weight is 310 g/mol. The van der Waals surface area contributed by atoms with Gasteiger partial charge in [0.2, 0.25) is 0 Å². The third-order valence-corrected chi connectivity index (χ3v) is 3.46. The van der Waals surface area contributed by atoms with Crippen molar-refractivity contribution in [3.05, 3.63) is 77.6 Å². The van der Waals surface area contributed by atoms with E-state index < -0.39 is 5.91 Å². The number of carbonyl (C=O) groups excluding carboxylic acids is 1. The molecule has 0 aliphatic rings. The molecule has 0 radical (unpaired) electrons. The van der Waals surface area contributed by atoms with Crippen LogP contribution in [0, 0.1) is 12.7 Å². The van der Waals surface area contributed by atoms with E-state index in [0.29, 0.717) is 11.3 Å². The summed E-state index contributed by atoms with van der Waals surface area (Å²) in [6.45, 7) is 2.05. The highest BCUT2D eigenvalue weighted by Gasteiger charge is 2.18. The lowest BCUT2D eigenvalue weighted by atomic mass is 10.1. The number of halogens is 1. The van der Waals surface area contributed by atoms with Gasteiger partial charge in [0.15, 0.2) is 17.8 Å². The molecular formula is C18H15FN2O2. The fourth-order valence-corrected chi connectivity index (χ4v) is 2.30. The second-order valence-corrected chi connectivity index (χ2v) is 5.17. The molecule has 0 spiro atoms. The zero-order valence-electron chi connectivity index (χ0n) is 12.5. The topological polar surface area (TPSA) is 55.1 Å². The number of oxazole rings is 1. The van der Waals surface area contributed by atoms with Crippen LogP contribution >= 0.6 is 0 Å². The minimum Gasteiger partial charge on any atom is -0.443 e. The number of hydrogen-bond donors (Lipinski definition) is 1. The monoisotopic (exact) mass is 310 g/mol. The van der Waals surface area contributed by atoms with Gasteiger partial charge in [-0.15, -0.1) is 0 Å². The highest BCUT2D eigenvalue weighted by molar-refractivity contribution is 5.97. The maximum absolute atomic E-state index is 13.6. The van der Waals surface area contributed by atoms with Gasteiger partial charge in [-0.05, 0) is 19.1 Å². The Balaban J connectivity index is 1.79. The molecule has 1 N–H and O–H groups in total. The van der Waals surface area contributed by atoms with E-state index in [1.165, 1.54) is 12.5 Å². The molecule has 3 rings (SSSR count). The quantitative estimate of drug-likeness (QED) is 0.799. The summed E-state index contributed by atoms with van der Waals surface area (Å²) in [7, 11) is 0. The molecule has 116 valence electrons. The van der Waals surface area contributed by atoms with Gasteiger partial charge in [-0.25, -0.2) is 9.37 Å². The van der Waals surface area contributed by atoms with Gasteiger partial charge in [-0.1, -0.05) is 42.0 Å². The molecule has 1 aromatic heterocycles. The summed E-state index contributed by atoms with van der Waals surface area (Å²) in [6, 6.07) is 13.9. The van der Waals surface area contributed by atoms with Gasteiger partial charge in [0.25, 0.3) is 5.91 Å². The first-order valence-electron chi connectivity index (χ1n) is 7.17. The Kier molecular flexibility index (Phi) is 4.19. The molecule has 3 aromatic rings. The summed E-state index contributed by atoms with van der Waals surface area (Å²) in [5.74, 6) is -0.356. The van der Waals surface area contributed by atoms with E-state index in [2.05, 4.69) is 10.3 Å². The number of nitrogens with zero attached hydrogens (tertiary/aromatic N) is 1. The SMILES string of the molecule is Cc1cccc(-c2ocnc2C(=O)NCc2ccccc2F)c1. The number of aromatic nitrogens is 1. The molecule has 5 heteroatoms. The first-order chi connectivity index (χ1) is 11.1. The second-order valence-electron chi connectivity index (χ2n) is 5.17. The Hall–Kier alpha value is -2.95. The molecule has 0 atom stereocenters. The lowest BCUT2D eigenvalue weighted by molar-refractivity contribution is 0.0946. The van der Waals surface area contributed by atoms with E-state index in [-0.39, 0.29) is 18.1 Å². The zero-order valence-corrected chi connectivity index (χ0v) is 12.5. The number of aryl methyl sites for hydroxylation is 1. The van der Waals surface area contributed by atoms with Crippen LogP contribution in [0.5, 0.6) is 0 Å². The third kappa shape index (κ3) is 3.29. The Morgan fingerprint density at radius 1 is 1.22 bits per heavy atom. The molecule has 0 unspecified atom stereocenters. The summed E-state index contributed by atoms with van der Waals surface area (Å²) in [5, 5.41) is 2.67. The van der Waals surface area contributed by atoms with Crippen molar-refractivity contribution in [3.8, 4) is 11.3 Å². The number of nitrogens with one attached hydrogen (secondary N) is 1. The van der Waals surface area contributed by atoms with Gasteiger partial charge in [0, 0.05) is 17.7 Å². The minimum atomic E-state index is -0.404. The number of rotatable bonds is 4. The molecule has 0 saturated carbocycles. The van der Waals surface area contributed by atoms with Crippen LogP contribution in [-0.4, -0.2) is 10.9 Å². The van der Waals surface area contributed by atoms with Crippen molar-refractivity contribution in [2.24, 2.45) is 0 Å². The van der Waals surface area contributed by atoms with E-state index in [1.807, 2.05) is 31.2 Å². The number of carbonyl (C=O) groups is 1. The van der Waals surface area contributed by atoms with Gasteiger partial charge in [0.1, 0.15) is 5.82 Å². The standard InChI is InChI=1S/C18H15FN2O2/c1-12-5-4-7-13(9-12)17-16(21-11-23-17)18(22)20-10-14-6-2-3-8-15(14)19/h2-9,11H,10H2,1H3,(H,20,22). The molecule has 0 bridgehead atoms. The van der Waals surface area contributed by atoms with Crippen molar-refractivity contribution in [1.82, 2.24) is 10.3 Å². The van der Waals surface area contributed by atoms with E-state index in [1.54, 1.807) is 18.2 Å². The second kappa shape index (κ2) is 6.44. The predicted molar refractivity (Wildman–Crippen MR) is 84.2 cm³/mol. The van der Waals surface area contributed by atoms with E-state index >= 15 is 0 Å². The predicted octanol–water partition coefficient (Wildman–Crippen LogP) is 3.72. The van der Waals surface area contributed by atoms with Gasteiger partial charge in [0.05, 0.1) is 0 Å². The van der Waals surface area contributed by atoms with Crippen molar-refractivity contribution in [3.63, 3.8) is 0 Å². The van der Waals surface area contributed by atoms with Gasteiger partial charge in [-0.2, -0.15) is 0 Å². The lowest BCUT2D eigenvalue weighted by Crippen LogP contribution is -2.24. The van der Waals surface area contributed by atoms with Crippen LogP contribution in [0.3, 0.4) is 0 Å². The Morgan fingerprint density at radius 2 is 2.04 bits per heavy atom. The number of hydrogen-bond acceptors (Lipinski definition) is 3. The Labute approximate surface area is 133 Å². The lowest BCUT2D eigenvalue weighted by Gasteiger charge is -2.06. The van der Waals surface area contributed by atoms with Gasteiger partial charge < -0.3 is 9.73 Å². The molecule has 4 nitrogen and oxygen atoms in total. The maximum Gasteiger partial charge on any atom is 0.274 e. The van der Waals surface area contributed by atoms with Crippen LogP contribution in [-0.2, 0) is 6.54 Å². The summed E-state index contributed by atoms with van der Waals surface area (Å²) in [5.41, 5.74) is 2.43. The molecule has 1 amide bonds. The average Bonchev–Trinajstić information content (AvgIpc) is 3.03. The summed E-state index contributed by atoms with van der Waals surface area (Å²) >= 11 is 0. The van der Waals surface area contributed by atoms with Crippen molar-refractivity contribution < 1.29 is 13.6 Å². The van der Waals surface area contributed by atoms with E-state index in [4.69, 9.17) is 4.42 Å². The highest BCUT2D eigenvalue weighted by atomic mass is 19.1. The maximum atomic E-state index is 13.6. The summed E-state index contributed by atoms with van der Waals surface area (Å²) < 4.78 is 18.9. The van der Waals surface area contributed by atoms with Crippen LogP contribution in [0.15, 0.2) is 59.3 Å². The van der Waals surface area contributed by atoms with Crippen molar-refractivity contribution in [2.45, 2.75) is 13.5 Å². The van der Waals surface area contributed by atoms with Crippen LogP contribution in [0.25, 0.3) is 11.3 Å². The normalized spacial score (nSPS) is 10.5. The van der Waals surface area contributed by atoms with E-state index in [0.717, 1.165) is 11.1 Å². The fraction of sp³-hybridized carbons (Fsp3) is 0.111. The smallest absolute Gasteiger partial charge is 0.274 e. The first kappa shape index (κ1) is 15.0. The zero-order chi connectivity index (χ0) is 16.2. The van der Waals surface area contributed by atoms with Crippen molar-refractivity contribution >= 4 is 5.91 Å². The molecule has 0 fully saturated rings. The van der Waals surface area contributed by atoms with Crippen molar-refractivity contribution in [2.75, 3.05) is 0 Å². The summed E-state index contributed by atoms with van der Waals surface area (Å²) in [6.07, 6.45) is 1.23. The third-order valence-electron chi connectivity index (χ3n) is 3.46. The molecule has 23 heavy (non-hydrogen) atoms. The van der Waals surface area contributed by atoms with Crippen LogP contribution in [0.2, 0.25) is 0 Å². The molecule has 0 saturated heterocycles. The Bertz CT molecular complexity index is 842. The van der Waals surface area contributed by atoms with Gasteiger partial charge >= 0.3 is 0 Å². The van der Waals surface area contributed by atoms with Crippen LogP contribution in [0.1, 0.15) is 21.6 Å². The number of benzene rings is 2. The fourth-order valence-electron chi connectivity index (χ4n) is 2.30. The van der Waals surface area contributed by atoms with E-state index in [9.17, 15) is 9.18 Å². The van der Waals surface area contributed by atoms with Crippen molar-refractivity contribution in [1.29, 1.82) is 0 Å². The largest absolute Gasteiger partial charge is 0.443 e. The number of amides is 1.